The Kier molecular flexibility index (Phi) is 9.36. The van der Waals surface area contributed by atoms with Crippen LogP contribution in [0.4, 0.5) is 5.69 Å². The van der Waals surface area contributed by atoms with E-state index in [1.54, 1.807) is 25.2 Å². The van der Waals surface area contributed by atoms with Crippen LogP contribution < -0.4 is 5.32 Å². The molecule has 124 valence electrons. The first-order chi connectivity index (χ1) is 10.7. The van der Waals surface area contributed by atoms with Crippen LogP contribution in [0.1, 0.15) is 81.5 Å². The molecule has 0 saturated carbocycles. The molecule has 0 atom stereocenters. The van der Waals surface area contributed by atoms with Crippen LogP contribution in [0.25, 0.3) is 0 Å². The van der Waals surface area contributed by atoms with Crippen LogP contribution in [0.2, 0.25) is 0 Å². The molecular formula is C19H31NO2. The number of ketones is 1. The highest BCUT2D eigenvalue weighted by Crippen LogP contribution is 2.24. The molecule has 2 N–H and O–H groups in total. The van der Waals surface area contributed by atoms with E-state index in [9.17, 15) is 9.90 Å². The smallest absolute Gasteiger partial charge is 0.163 e. The lowest BCUT2D eigenvalue weighted by atomic mass is 10.0. The number of nitrogens with one attached hydrogen (secondary N) is 1. The topological polar surface area (TPSA) is 49.3 Å². The summed E-state index contributed by atoms with van der Waals surface area (Å²) in [6, 6.07) is 5.09. The Bertz CT molecular complexity index is 443. The molecule has 0 amide bonds. The van der Waals surface area contributed by atoms with Gasteiger partial charge in [0.25, 0.3) is 0 Å². The van der Waals surface area contributed by atoms with Crippen LogP contribution in [0, 0.1) is 0 Å². The molecule has 3 nitrogen and oxygen atoms in total. The van der Waals surface area contributed by atoms with Crippen LogP contribution >= 0.6 is 0 Å². The third-order valence-corrected chi connectivity index (χ3v) is 4.10. The highest BCUT2D eigenvalue weighted by molar-refractivity contribution is 5.97. The van der Waals surface area contributed by atoms with Crippen molar-refractivity contribution >= 4 is 11.5 Å². The van der Waals surface area contributed by atoms with Crippen molar-refractivity contribution in [3.05, 3.63) is 23.8 Å². The van der Waals surface area contributed by atoms with E-state index in [2.05, 4.69) is 12.2 Å². The molecule has 0 heterocycles. The fourth-order valence-electron chi connectivity index (χ4n) is 2.66. The summed E-state index contributed by atoms with van der Waals surface area (Å²) in [6.45, 7) is 2.24. The van der Waals surface area contributed by atoms with Crippen molar-refractivity contribution in [3.8, 4) is 5.75 Å². The second kappa shape index (κ2) is 11.1. The van der Waals surface area contributed by atoms with Crippen LogP contribution in [0.5, 0.6) is 5.75 Å². The number of benzene rings is 1. The number of aromatic hydroxyl groups is 1. The van der Waals surface area contributed by atoms with Crippen molar-refractivity contribution in [2.24, 2.45) is 0 Å². The number of carbonyl (C=O) groups is 1. The van der Waals surface area contributed by atoms with Crippen molar-refractivity contribution in [1.82, 2.24) is 0 Å². The molecule has 0 aliphatic heterocycles. The molecule has 1 rings (SSSR count). The maximum Gasteiger partial charge on any atom is 0.163 e. The van der Waals surface area contributed by atoms with Gasteiger partial charge < -0.3 is 10.4 Å². The molecule has 0 spiro atoms. The molecule has 22 heavy (non-hydrogen) atoms. The Morgan fingerprint density at radius 1 is 1.00 bits per heavy atom. The first-order valence-corrected chi connectivity index (χ1v) is 8.73. The summed E-state index contributed by atoms with van der Waals surface area (Å²) in [5.41, 5.74) is 1.26. The Morgan fingerprint density at radius 2 is 1.59 bits per heavy atom. The molecular weight excluding hydrogens is 274 g/mol. The molecule has 0 unspecified atom stereocenters. The maximum atomic E-state index is 12.1. The lowest BCUT2D eigenvalue weighted by Gasteiger charge is -2.06. The predicted octanol–water partition coefficient (Wildman–Crippen LogP) is 5.54. The first-order valence-electron chi connectivity index (χ1n) is 8.73. The number of hydrogen-bond donors (Lipinski definition) is 2. The van der Waals surface area contributed by atoms with Crippen molar-refractivity contribution < 1.29 is 9.90 Å². The quantitative estimate of drug-likeness (QED) is 0.303. The number of phenolic OH excluding ortho intramolecular Hbond substituents is 1. The molecule has 3 heteroatoms. The Labute approximate surface area is 135 Å². The van der Waals surface area contributed by atoms with Crippen molar-refractivity contribution in [2.75, 3.05) is 12.4 Å². The van der Waals surface area contributed by atoms with Crippen LogP contribution in [-0.2, 0) is 0 Å². The van der Waals surface area contributed by atoms with Gasteiger partial charge in [0.15, 0.2) is 5.78 Å². The van der Waals surface area contributed by atoms with E-state index in [1.807, 2.05) is 0 Å². The predicted molar refractivity (Wildman–Crippen MR) is 93.8 cm³/mol. The van der Waals surface area contributed by atoms with E-state index >= 15 is 0 Å². The summed E-state index contributed by atoms with van der Waals surface area (Å²) in [5, 5.41) is 12.6. The van der Waals surface area contributed by atoms with Gasteiger partial charge in [-0.25, -0.2) is 0 Å². The monoisotopic (exact) mass is 305 g/mol. The number of anilines is 1. The van der Waals surface area contributed by atoms with E-state index < -0.39 is 0 Å². The second-order valence-electron chi connectivity index (χ2n) is 5.98. The van der Waals surface area contributed by atoms with Gasteiger partial charge in [-0.2, -0.15) is 0 Å². The molecule has 1 aromatic carbocycles. The maximum absolute atomic E-state index is 12.1. The van der Waals surface area contributed by atoms with E-state index in [-0.39, 0.29) is 11.5 Å². The lowest BCUT2D eigenvalue weighted by molar-refractivity contribution is 0.0978. The zero-order valence-corrected chi connectivity index (χ0v) is 14.2. The largest absolute Gasteiger partial charge is 0.506 e. The van der Waals surface area contributed by atoms with E-state index in [4.69, 9.17) is 0 Å². The van der Waals surface area contributed by atoms with Crippen molar-refractivity contribution in [1.29, 1.82) is 0 Å². The normalized spacial score (nSPS) is 10.6. The van der Waals surface area contributed by atoms with E-state index in [0.29, 0.717) is 17.7 Å². The molecule has 1 aromatic rings. The average molecular weight is 305 g/mol. The zero-order valence-electron chi connectivity index (χ0n) is 14.2. The zero-order chi connectivity index (χ0) is 16.2. The molecule has 0 aromatic heterocycles. The summed E-state index contributed by atoms with van der Waals surface area (Å²) < 4.78 is 0. The van der Waals surface area contributed by atoms with Crippen LogP contribution in [0.15, 0.2) is 18.2 Å². The molecule has 0 radical (unpaired) electrons. The number of Topliss-reactive ketones (excluding diaryl/α,β-unsaturated/α-hetero) is 1. The van der Waals surface area contributed by atoms with Crippen LogP contribution in [-0.4, -0.2) is 17.9 Å². The van der Waals surface area contributed by atoms with Gasteiger partial charge in [0.2, 0.25) is 0 Å². The minimum absolute atomic E-state index is 0.126. The fourth-order valence-corrected chi connectivity index (χ4v) is 2.66. The second-order valence-corrected chi connectivity index (χ2v) is 5.98. The number of rotatable bonds is 12. The van der Waals surface area contributed by atoms with Gasteiger partial charge in [0, 0.05) is 19.0 Å². The molecule has 0 fully saturated rings. The van der Waals surface area contributed by atoms with Gasteiger partial charge >= 0.3 is 0 Å². The molecule has 0 saturated heterocycles. The fraction of sp³-hybridized carbons (Fsp3) is 0.632. The summed E-state index contributed by atoms with van der Waals surface area (Å²) in [4.78, 5) is 12.1. The molecule has 0 bridgehead atoms. The first kappa shape index (κ1) is 18.5. The summed E-state index contributed by atoms with van der Waals surface area (Å²) in [5.74, 6) is 0.265. The lowest BCUT2D eigenvalue weighted by Crippen LogP contribution is -1.99. The highest BCUT2D eigenvalue weighted by Gasteiger charge is 2.08. The minimum atomic E-state index is 0.126. The number of hydrogen-bond acceptors (Lipinski definition) is 3. The van der Waals surface area contributed by atoms with Gasteiger partial charge in [0.05, 0.1) is 5.69 Å². The summed E-state index contributed by atoms with van der Waals surface area (Å²) in [6.07, 6.45) is 11.9. The molecule has 0 aliphatic rings. The number of carbonyl (C=O) groups excluding carboxylic acids is 1. The Hall–Kier alpha value is -1.51. The number of unbranched alkanes of at least 4 members (excludes halogenated alkanes) is 8. The number of phenols is 1. The van der Waals surface area contributed by atoms with Gasteiger partial charge in [-0.15, -0.1) is 0 Å². The highest BCUT2D eigenvalue weighted by atomic mass is 16.3. The summed E-state index contributed by atoms with van der Waals surface area (Å²) in [7, 11) is 1.75. The molecule has 0 aliphatic carbocycles. The Balaban J connectivity index is 2.14. The third kappa shape index (κ3) is 6.97. The van der Waals surface area contributed by atoms with Gasteiger partial charge in [-0.3, -0.25) is 4.79 Å². The summed E-state index contributed by atoms with van der Waals surface area (Å²) >= 11 is 0. The van der Waals surface area contributed by atoms with Crippen LogP contribution in [0.3, 0.4) is 0 Å². The average Bonchev–Trinajstić information content (AvgIpc) is 2.53. The van der Waals surface area contributed by atoms with E-state index in [0.717, 1.165) is 12.8 Å². The van der Waals surface area contributed by atoms with Gasteiger partial charge in [-0.1, -0.05) is 58.3 Å². The van der Waals surface area contributed by atoms with Gasteiger partial charge in [0.1, 0.15) is 5.75 Å². The van der Waals surface area contributed by atoms with E-state index in [1.165, 1.54) is 44.9 Å². The van der Waals surface area contributed by atoms with Gasteiger partial charge in [-0.05, 0) is 24.6 Å². The Morgan fingerprint density at radius 3 is 2.14 bits per heavy atom. The standard InChI is InChI=1S/C19H31NO2/c1-3-4-5-6-7-8-9-10-11-12-18(21)16-13-14-17(20-2)19(22)15-16/h13-15,20,22H,3-12H2,1-2H3. The van der Waals surface area contributed by atoms with Crippen molar-refractivity contribution in [2.45, 2.75) is 71.1 Å². The SMILES string of the molecule is CCCCCCCCCCCC(=O)c1ccc(NC)c(O)c1. The minimum Gasteiger partial charge on any atom is -0.506 e. The third-order valence-electron chi connectivity index (χ3n) is 4.10. The van der Waals surface area contributed by atoms with Crippen molar-refractivity contribution in [3.63, 3.8) is 0 Å².